The zero-order chi connectivity index (χ0) is 24.5. The zero-order valence-electron chi connectivity index (χ0n) is 13.7. The van der Waals surface area contributed by atoms with Gasteiger partial charge in [0.05, 0.1) is 6.26 Å². The molecule has 20 heteroatoms. The van der Waals surface area contributed by atoms with E-state index in [1.165, 1.54) is 0 Å². The Bertz CT molecular complexity index is 795. The fraction of sp³-hybridized carbons (Fsp3) is 0.700. The first-order chi connectivity index (χ1) is 13.0. The summed E-state index contributed by atoms with van der Waals surface area (Å²) in [6.45, 7) is 0. The van der Waals surface area contributed by atoms with E-state index >= 15 is 0 Å². The lowest BCUT2D eigenvalue weighted by atomic mass is 10.0. The summed E-state index contributed by atoms with van der Waals surface area (Å²) >= 11 is 30.4. The number of hydrogen-bond donors (Lipinski definition) is 3. The van der Waals surface area contributed by atoms with Crippen molar-refractivity contribution < 1.29 is 60.6 Å². The van der Waals surface area contributed by atoms with Gasteiger partial charge in [-0.25, -0.2) is 14.4 Å². The minimum absolute atomic E-state index is 0.126. The molecule has 0 heterocycles. The molecule has 1 unspecified atom stereocenters. The molecular formula is C10H8Cl6F2O11S. The Hall–Kier alpha value is -0.160. The summed E-state index contributed by atoms with van der Waals surface area (Å²) < 4.78 is 55.5. The first-order valence-corrected chi connectivity index (χ1v) is 10.5. The molecule has 3 N–H and O–H groups in total. The molecule has 3 atom stereocenters. The fourth-order valence-corrected chi connectivity index (χ4v) is 1.91. The third-order valence-corrected chi connectivity index (χ3v) is 3.92. The summed E-state index contributed by atoms with van der Waals surface area (Å²) in [5.41, 5.74) is 0. The van der Waals surface area contributed by atoms with Crippen molar-refractivity contribution in [1.29, 1.82) is 0 Å². The van der Waals surface area contributed by atoms with Crippen molar-refractivity contribution in [3.05, 3.63) is 0 Å². The van der Waals surface area contributed by atoms with Crippen molar-refractivity contribution in [2.75, 3.05) is 6.26 Å². The van der Waals surface area contributed by atoms with Crippen LogP contribution in [-0.2, 0) is 38.2 Å². The first kappa shape index (κ1) is 29.8. The van der Waals surface area contributed by atoms with E-state index in [4.69, 9.17) is 69.6 Å². The molecular weight excluding hydrogens is 579 g/mol. The highest BCUT2D eigenvalue weighted by Crippen LogP contribution is 2.40. The molecule has 0 saturated heterocycles. The zero-order valence-corrected chi connectivity index (χ0v) is 19.0. The fourth-order valence-electron chi connectivity index (χ4n) is 1.28. The maximum Gasteiger partial charge on any atom is 0.410 e. The van der Waals surface area contributed by atoms with Crippen molar-refractivity contribution in [1.82, 2.24) is 0 Å². The molecule has 0 radical (unpaired) electrons. The molecule has 176 valence electrons. The Morgan fingerprint density at radius 1 is 0.900 bits per heavy atom. The number of carbonyl (C=O) groups excluding carboxylic acids is 3. The molecule has 0 aliphatic heterocycles. The van der Waals surface area contributed by atoms with Gasteiger partial charge in [-0.05, 0) is 0 Å². The Morgan fingerprint density at radius 2 is 1.30 bits per heavy atom. The van der Waals surface area contributed by atoms with Gasteiger partial charge in [-0.3, -0.25) is 0 Å². The molecule has 30 heavy (non-hydrogen) atoms. The van der Waals surface area contributed by atoms with Crippen LogP contribution >= 0.6 is 69.6 Å². The Kier molecular flexibility index (Phi) is 9.71. The average molecular weight is 587 g/mol. The second-order valence-corrected chi connectivity index (χ2v) is 11.1. The molecule has 0 rings (SSSR count). The van der Waals surface area contributed by atoms with E-state index in [1.807, 2.05) is 0 Å². The third-order valence-electron chi connectivity index (χ3n) is 2.54. The van der Waals surface area contributed by atoms with E-state index in [0.29, 0.717) is 0 Å². The standard InChI is InChI=1S/C10H8Cl6F2O11S/c1-30(25,26)29-4(21)7(17,18)8(24,28-6(23)10(14,15)16)2(19)3(20)27-5(22)9(11,12)13/h2-3,19-20,24H,1H3/t2-,3?,8+/m1/s1. The summed E-state index contributed by atoms with van der Waals surface area (Å²) in [7, 11) is -4.95. The maximum atomic E-state index is 14.4. The second-order valence-electron chi connectivity index (χ2n) is 4.97. The Labute approximate surface area is 195 Å². The number of rotatable bonds is 7. The lowest BCUT2D eigenvalue weighted by Crippen LogP contribution is -2.67. The van der Waals surface area contributed by atoms with Gasteiger partial charge in [0.1, 0.15) is 0 Å². The van der Waals surface area contributed by atoms with Crippen LogP contribution in [0.4, 0.5) is 8.78 Å². The second kappa shape index (κ2) is 9.77. The normalized spacial score (nSPS) is 17.3. The molecule has 0 saturated carbocycles. The number of alkyl halides is 8. The molecule has 0 spiro atoms. The van der Waals surface area contributed by atoms with Gasteiger partial charge in [-0.1, -0.05) is 69.6 Å². The predicted molar refractivity (Wildman–Crippen MR) is 95.6 cm³/mol. The van der Waals surface area contributed by atoms with Crippen LogP contribution < -0.4 is 0 Å². The lowest BCUT2D eigenvalue weighted by Gasteiger charge is -2.38. The number of hydrogen-bond acceptors (Lipinski definition) is 11. The Morgan fingerprint density at radius 3 is 1.63 bits per heavy atom. The highest BCUT2D eigenvalue weighted by Gasteiger charge is 2.70. The summed E-state index contributed by atoms with van der Waals surface area (Å²) in [5, 5.41) is 29.4. The van der Waals surface area contributed by atoms with Crippen molar-refractivity contribution in [3.63, 3.8) is 0 Å². The smallest absolute Gasteiger partial charge is 0.410 e. The van der Waals surface area contributed by atoms with Gasteiger partial charge < -0.3 is 29.0 Å². The molecule has 0 fully saturated rings. The summed E-state index contributed by atoms with van der Waals surface area (Å²) in [4.78, 5) is 34.5. The van der Waals surface area contributed by atoms with Gasteiger partial charge in [0, 0.05) is 0 Å². The van der Waals surface area contributed by atoms with Gasteiger partial charge in [0.2, 0.25) is 6.29 Å². The molecule has 0 amide bonds. The van der Waals surface area contributed by atoms with Crippen LogP contribution in [-0.4, -0.2) is 79.6 Å². The SMILES string of the molecule is CS(=O)(=O)OC(=O)C(F)(F)[C@@](O)(OC(=O)C(Cl)(Cl)Cl)[C@H](O)C(O)OC(=O)C(Cl)(Cl)Cl. The van der Waals surface area contributed by atoms with E-state index < -0.39 is 59.7 Å². The van der Waals surface area contributed by atoms with Crippen LogP contribution in [0.2, 0.25) is 0 Å². The number of aliphatic hydroxyl groups is 3. The number of ether oxygens (including phenoxy) is 2. The van der Waals surface area contributed by atoms with Crippen LogP contribution in [0.15, 0.2) is 0 Å². The average Bonchev–Trinajstić information content (AvgIpc) is 2.49. The van der Waals surface area contributed by atoms with Crippen molar-refractivity contribution >= 4 is 97.6 Å². The summed E-state index contributed by atoms with van der Waals surface area (Å²) in [6, 6.07) is 0. The molecule has 11 nitrogen and oxygen atoms in total. The number of esters is 2. The molecule has 0 aromatic heterocycles. The third kappa shape index (κ3) is 7.76. The molecule has 0 aliphatic carbocycles. The maximum absolute atomic E-state index is 14.4. The molecule has 0 bridgehead atoms. The highest BCUT2D eigenvalue weighted by atomic mass is 35.6. The van der Waals surface area contributed by atoms with Crippen molar-refractivity contribution in [2.45, 2.75) is 31.7 Å². The highest BCUT2D eigenvalue weighted by molar-refractivity contribution is 7.86. The van der Waals surface area contributed by atoms with E-state index in [9.17, 15) is 46.9 Å². The molecule has 0 aromatic rings. The van der Waals surface area contributed by atoms with E-state index in [1.54, 1.807) is 0 Å². The monoisotopic (exact) mass is 584 g/mol. The summed E-state index contributed by atoms with van der Waals surface area (Å²) in [6.07, 6.45) is -6.85. The predicted octanol–water partition coefficient (Wildman–Crippen LogP) is 0.319. The van der Waals surface area contributed by atoms with Gasteiger partial charge in [-0.15, -0.1) is 0 Å². The number of aliphatic hydroxyl groups excluding tert-OH is 2. The first-order valence-electron chi connectivity index (χ1n) is 6.45. The Balaban J connectivity index is 6.27. The van der Waals surface area contributed by atoms with Crippen LogP contribution in [0.3, 0.4) is 0 Å². The minimum atomic E-state index is -5.71. The van der Waals surface area contributed by atoms with E-state index in [-0.39, 0.29) is 6.26 Å². The van der Waals surface area contributed by atoms with Gasteiger partial charge in [0.25, 0.3) is 7.59 Å². The minimum Gasteiger partial charge on any atom is -0.430 e. The van der Waals surface area contributed by atoms with Crippen LogP contribution in [0, 0.1) is 0 Å². The molecule has 0 aliphatic rings. The topological polar surface area (TPSA) is 174 Å². The largest absolute Gasteiger partial charge is 0.430 e. The van der Waals surface area contributed by atoms with Gasteiger partial charge in [0.15, 0.2) is 6.10 Å². The quantitative estimate of drug-likeness (QED) is 0.162. The lowest BCUT2D eigenvalue weighted by molar-refractivity contribution is -0.353. The number of halogens is 8. The van der Waals surface area contributed by atoms with E-state index in [2.05, 4.69) is 13.7 Å². The number of carbonyl (C=O) groups is 3. The van der Waals surface area contributed by atoms with Crippen molar-refractivity contribution in [2.24, 2.45) is 0 Å². The van der Waals surface area contributed by atoms with Crippen LogP contribution in [0.5, 0.6) is 0 Å². The van der Waals surface area contributed by atoms with Crippen LogP contribution in [0.25, 0.3) is 0 Å². The van der Waals surface area contributed by atoms with Gasteiger partial charge in [-0.2, -0.15) is 17.2 Å². The van der Waals surface area contributed by atoms with Crippen LogP contribution in [0.1, 0.15) is 0 Å². The van der Waals surface area contributed by atoms with Crippen molar-refractivity contribution in [3.8, 4) is 0 Å². The summed E-state index contributed by atoms with van der Waals surface area (Å²) in [5.74, 6) is -18.2. The van der Waals surface area contributed by atoms with E-state index in [0.717, 1.165) is 0 Å². The molecule has 0 aromatic carbocycles. The van der Waals surface area contributed by atoms with Gasteiger partial charge >= 0.3 is 39.7 Å².